The largest absolute Gasteiger partial charge is 0.445 e. The number of hydrogen-bond donors (Lipinski definition) is 3. The van der Waals surface area contributed by atoms with Crippen LogP contribution in [0.2, 0.25) is 0 Å². The minimum Gasteiger partial charge on any atom is -0.445 e. The van der Waals surface area contributed by atoms with Crippen molar-refractivity contribution in [1.29, 1.82) is 0 Å². The molecule has 0 spiro atoms. The van der Waals surface area contributed by atoms with Crippen molar-refractivity contribution in [3.05, 3.63) is 84.1 Å². The van der Waals surface area contributed by atoms with E-state index >= 15 is 0 Å². The summed E-state index contributed by atoms with van der Waals surface area (Å²) in [6, 6.07) is 19.3. The van der Waals surface area contributed by atoms with Crippen LogP contribution in [0.3, 0.4) is 0 Å². The molecule has 0 saturated heterocycles. The Kier molecular flexibility index (Phi) is 7.44. The zero-order chi connectivity index (χ0) is 19.7. The van der Waals surface area contributed by atoms with Crippen molar-refractivity contribution in [2.75, 3.05) is 0 Å². The average molecular weight is 367 g/mol. The number of ether oxygens (including phenoxy) is 1. The van der Waals surface area contributed by atoms with E-state index < -0.39 is 6.09 Å². The number of hydrazine groups is 1. The third kappa shape index (κ3) is 7.15. The quantitative estimate of drug-likeness (QED) is 0.614. The highest BCUT2D eigenvalue weighted by Gasteiger charge is 2.29. The monoisotopic (exact) mass is 367 g/mol. The van der Waals surface area contributed by atoms with Gasteiger partial charge in [-0.05, 0) is 16.5 Å². The van der Waals surface area contributed by atoms with Gasteiger partial charge in [0.15, 0.2) is 0 Å². The Balaban J connectivity index is 1.86. The van der Waals surface area contributed by atoms with Gasteiger partial charge in [0.2, 0.25) is 0 Å². The first-order chi connectivity index (χ1) is 12.9. The lowest BCUT2D eigenvalue weighted by Crippen LogP contribution is -2.50. The fourth-order valence-corrected chi connectivity index (χ4v) is 2.64. The number of nitrogens with one attached hydrogen (secondary N) is 3. The second-order valence-corrected chi connectivity index (χ2v) is 7.49. The van der Waals surface area contributed by atoms with E-state index in [0.717, 1.165) is 11.1 Å². The van der Waals surface area contributed by atoms with Crippen molar-refractivity contribution in [3.63, 3.8) is 0 Å². The average Bonchev–Trinajstić information content (AvgIpc) is 2.65. The topological polar surface area (TPSA) is 62.4 Å². The summed E-state index contributed by atoms with van der Waals surface area (Å²) in [5.74, 6) is 0. The minimum absolute atomic E-state index is 0.232. The highest BCUT2D eigenvalue weighted by Crippen LogP contribution is 2.23. The molecule has 2 aromatic carbocycles. The fraction of sp³-hybridized carbons (Fsp3) is 0.318. The summed E-state index contributed by atoms with van der Waals surface area (Å²) in [5, 5.41) is 2.91. The molecule has 0 unspecified atom stereocenters. The standard InChI is InChI=1S/C22H29N3O2/c1-17(25-23-15-18-11-7-5-8-12-18)20(22(2,3)4)24-21(26)27-16-19-13-9-6-10-14-19/h5-14,20,23,25H,1,15-16H2,2-4H3,(H,24,26)/t20-/m1/s1. The molecule has 1 atom stereocenters. The summed E-state index contributed by atoms with van der Waals surface area (Å²) in [6.45, 7) is 11.1. The summed E-state index contributed by atoms with van der Waals surface area (Å²) in [5.41, 5.74) is 8.79. The van der Waals surface area contributed by atoms with Crippen LogP contribution in [0.1, 0.15) is 31.9 Å². The van der Waals surface area contributed by atoms with Crippen LogP contribution in [-0.2, 0) is 17.9 Å². The molecule has 0 aliphatic rings. The molecule has 0 heterocycles. The SMILES string of the molecule is C=C(NNCc1ccccc1)[C@@H](NC(=O)OCc1ccccc1)C(C)(C)C. The number of carbonyl (C=O) groups excluding carboxylic acids is 1. The van der Waals surface area contributed by atoms with E-state index in [-0.39, 0.29) is 18.1 Å². The minimum atomic E-state index is -0.468. The van der Waals surface area contributed by atoms with Gasteiger partial charge in [0.1, 0.15) is 6.61 Å². The molecule has 144 valence electrons. The molecule has 3 N–H and O–H groups in total. The van der Waals surface area contributed by atoms with Gasteiger partial charge in [-0.3, -0.25) is 0 Å². The summed E-state index contributed by atoms with van der Waals surface area (Å²) < 4.78 is 5.34. The predicted molar refractivity (Wildman–Crippen MR) is 109 cm³/mol. The number of amides is 1. The van der Waals surface area contributed by atoms with Crippen LogP contribution < -0.4 is 16.2 Å². The molecule has 0 saturated carbocycles. The lowest BCUT2D eigenvalue weighted by molar-refractivity contribution is 0.128. The lowest BCUT2D eigenvalue weighted by Gasteiger charge is -2.33. The van der Waals surface area contributed by atoms with Crippen LogP contribution >= 0.6 is 0 Å². The molecule has 27 heavy (non-hydrogen) atoms. The van der Waals surface area contributed by atoms with E-state index in [1.807, 2.05) is 81.4 Å². The van der Waals surface area contributed by atoms with Gasteiger partial charge in [-0.2, -0.15) is 0 Å². The Hall–Kier alpha value is -2.79. The molecule has 0 bridgehead atoms. The number of alkyl carbamates (subject to hydrolysis) is 1. The maximum absolute atomic E-state index is 12.3. The van der Waals surface area contributed by atoms with Crippen molar-refractivity contribution in [1.82, 2.24) is 16.2 Å². The van der Waals surface area contributed by atoms with Crippen molar-refractivity contribution >= 4 is 6.09 Å². The molecule has 2 aromatic rings. The number of hydrogen-bond acceptors (Lipinski definition) is 4. The maximum Gasteiger partial charge on any atom is 0.408 e. The number of benzene rings is 2. The van der Waals surface area contributed by atoms with E-state index in [9.17, 15) is 4.79 Å². The van der Waals surface area contributed by atoms with E-state index in [2.05, 4.69) is 22.7 Å². The summed E-state index contributed by atoms with van der Waals surface area (Å²) in [6.07, 6.45) is -0.468. The van der Waals surface area contributed by atoms with E-state index in [0.29, 0.717) is 12.2 Å². The highest BCUT2D eigenvalue weighted by atomic mass is 16.5. The van der Waals surface area contributed by atoms with Gasteiger partial charge in [0, 0.05) is 12.2 Å². The molecular weight excluding hydrogens is 338 g/mol. The number of carbonyl (C=O) groups is 1. The molecule has 0 aliphatic carbocycles. The van der Waals surface area contributed by atoms with E-state index in [1.54, 1.807) is 0 Å². The molecule has 1 amide bonds. The Labute approximate surface area is 161 Å². The lowest BCUT2D eigenvalue weighted by atomic mass is 9.85. The maximum atomic E-state index is 12.3. The zero-order valence-electron chi connectivity index (χ0n) is 16.3. The Morgan fingerprint density at radius 2 is 1.56 bits per heavy atom. The third-order valence-corrected chi connectivity index (χ3v) is 4.07. The molecule has 0 radical (unpaired) electrons. The van der Waals surface area contributed by atoms with Gasteiger partial charge in [0.05, 0.1) is 6.04 Å². The molecule has 0 aliphatic heterocycles. The summed E-state index contributed by atoms with van der Waals surface area (Å²) in [7, 11) is 0. The third-order valence-electron chi connectivity index (χ3n) is 4.07. The second kappa shape index (κ2) is 9.78. The van der Waals surface area contributed by atoms with E-state index in [4.69, 9.17) is 4.74 Å². The van der Waals surface area contributed by atoms with Gasteiger partial charge >= 0.3 is 6.09 Å². The van der Waals surface area contributed by atoms with Gasteiger partial charge in [-0.15, -0.1) is 0 Å². The Bertz CT molecular complexity index is 724. The van der Waals surface area contributed by atoms with Crippen LogP contribution in [0.4, 0.5) is 4.79 Å². The molecule has 5 heteroatoms. The normalized spacial score (nSPS) is 12.1. The molecular formula is C22H29N3O2. The van der Waals surface area contributed by atoms with Crippen molar-refractivity contribution in [3.8, 4) is 0 Å². The van der Waals surface area contributed by atoms with Crippen LogP contribution in [0.5, 0.6) is 0 Å². The van der Waals surface area contributed by atoms with Crippen LogP contribution in [0, 0.1) is 5.41 Å². The first kappa shape index (κ1) is 20.5. The summed E-state index contributed by atoms with van der Waals surface area (Å²) in [4.78, 5) is 12.3. The van der Waals surface area contributed by atoms with Gasteiger partial charge in [-0.1, -0.05) is 88.0 Å². The molecule has 0 fully saturated rings. The molecule has 2 rings (SSSR count). The molecule has 5 nitrogen and oxygen atoms in total. The Morgan fingerprint density at radius 3 is 2.11 bits per heavy atom. The van der Waals surface area contributed by atoms with Crippen molar-refractivity contribution in [2.45, 2.75) is 40.0 Å². The highest BCUT2D eigenvalue weighted by molar-refractivity contribution is 5.68. The van der Waals surface area contributed by atoms with Gasteiger partial charge < -0.3 is 15.5 Å². The zero-order valence-corrected chi connectivity index (χ0v) is 16.3. The number of rotatable bonds is 8. The van der Waals surface area contributed by atoms with Crippen molar-refractivity contribution < 1.29 is 9.53 Å². The first-order valence-corrected chi connectivity index (χ1v) is 9.05. The first-order valence-electron chi connectivity index (χ1n) is 9.05. The summed E-state index contributed by atoms with van der Waals surface area (Å²) >= 11 is 0. The fourth-order valence-electron chi connectivity index (χ4n) is 2.64. The predicted octanol–water partition coefficient (Wildman–Crippen LogP) is 4.14. The second-order valence-electron chi connectivity index (χ2n) is 7.49. The van der Waals surface area contributed by atoms with Gasteiger partial charge in [0.25, 0.3) is 0 Å². The molecule has 0 aromatic heterocycles. The Morgan fingerprint density at radius 1 is 1.00 bits per heavy atom. The van der Waals surface area contributed by atoms with Gasteiger partial charge in [-0.25, -0.2) is 10.2 Å². The van der Waals surface area contributed by atoms with Crippen LogP contribution in [0.15, 0.2) is 72.9 Å². The van der Waals surface area contributed by atoms with Crippen molar-refractivity contribution in [2.24, 2.45) is 5.41 Å². The van der Waals surface area contributed by atoms with Crippen LogP contribution in [-0.4, -0.2) is 12.1 Å². The smallest absolute Gasteiger partial charge is 0.408 e. The van der Waals surface area contributed by atoms with E-state index in [1.165, 1.54) is 0 Å². The van der Waals surface area contributed by atoms with Crippen LogP contribution in [0.25, 0.3) is 0 Å².